The molecule has 0 unspecified atom stereocenters. The standard InChI is InChI=1S/C18H21NO7/c1-4-9-25-18(23)26-11(2)14-15(17(21)22)19(16(14)20)10-12-5-7-13(24-3)8-6-12/h4-8,11,14-15H,1,9-10H2,2-3H3,(H,21,22)/t11-,14-,15+/m1/s1. The van der Waals surface area contributed by atoms with E-state index >= 15 is 0 Å². The molecule has 0 bridgehead atoms. The zero-order chi connectivity index (χ0) is 19.3. The maximum absolute atomic E-state index is 12.4. The lowest BCUT2D eigenvalue weighted by Gasteiger charge is -2.46. The van der Waals surface area contributed by atoms with Crippen molar-refractivity contribution in [1.82, 2.24) is 4.90 Å². The third-order valence-electron chi connectivity index (χ3n) is 4.12. The molecule has 8 nitrogen and oxygen atoms in total. The van der Waals surface area contributed by atoms with Gasteiger partial charge in [0.2, 0.25) is 5.91 Å². The summed E-state index contributed by atoms with van der Waals surface area (Å²) in [6.45, 7) is 4.98. The van der Waals surface area contributed by atoms with Gasteiger partial charge in [-0.1, -0.05) is 24.8 Å². The molecular weight excluding hydrogens is 342 g/mol. The van der Waals surface area contributed by atoms with Crippen LogP contribution >= 0.6 is 0 Å². The minimum Gasteiger partial charge on any atom is -0.497 e. The van der Waals surface area contributed by atoms with E-state index < -0.39 is 36.1 Å². The number of amides is 1. The number of β-lactam (4-membered cyclic amide) rings is 1. The smallest absolute Gasteiger partial charge is 0.497 e. The SMILES string of the molecule is C=CCOC(=O)O[C@H](C)[C@H]1C(=O)N(Cc2ccc(OC)cc2)[C@@H]1C(=O)O. The van der Waals surface area contributed by atoms with Crippen LogP contribution in [0.5, 0.6) is 5.75 Å². The fraction of sp³-hybridized carbons (Fsp3) is 0.389. The number of hydrogen-bond acceptors (Lipinski definition) is 6. The molecule has 0 aromatic heterocycles. The van der Waals surface area contributed by atoms with Crippen LogP contribution in [0.3, 0.4) is 0 Å². The van der Waals surface area contributed by atoms with Crippen molar-refractivity contribution in [2.75, 3.05) is 13.7 Å². The summed E-state index contributed by atoms with van der Waals surface area (Å²) in [6, 6.07) is 5.89. The highest BCUT2D eigenvalue weighted by atomic mass is 16.7. The number of carbonyl (C=O) groups is 3. The van der Waals surface area contributed by atoms with E-state index in [1.807, 2.05) is 0 Å². The summed E-state index contributed by atoms with van der Waals surface area (Å²) in [7, 11) is 1.54. The van der Waals surface area contributed by atoms with Gasteiger partial charge in [0, 0.05) is 6.54 Å². The quantitative estimate of drug-likeness (QED) is 0.427. The van der Waals surface area contributed by atoms with Gasteiger partial charge in [-0.2, -0.15) is 0 Å². The molecule has 1 N–H and O–H groups in total. The maximum atomic E-state index is 12.4. The first-order valence-electron chi connectivity index (χ1n) is 7.99. The van der Waals surface area contributed by atoms with Crippen LogP contribution in [-0.4, -0.2) is 53.9 Å². The summed E-state index contributed by atoms with van der Waals surface area (Å²) in [4.78, 5) is 36.8. The van der Waals surface area contributed by atoms with Gasteiger partial charge in [0.15, 0.2) is 0 Å². The Labute approximate surface area is 150 Å². The molecule has 1 aliphatic rings. The van der Waals surface area contributed by atoms with Gasteiger partial charge in [0.1, 0.15) is 30.4 Å². The van der Waals surface area contributed by atoms with E-state index in [2.05, 4.69) is 6.58 Å². The summed E-state index contributed by atoms with van der Waals surface area (Å²) in [5.74, 6) is -1.84. The van der Waals surface area contributed by atoms with Crippen molar-refractivity contribution in [2.45, 2.75) is 25.6 Å². The van der Waals surface area contributed by atoms with Crippen LogP contribution in [0.1, 0.15) is 12.5 Å². The van der Waals surface area contributed by atoms with Crippen molar-refractivity contribution >= 4 is 18.0 Å². The minimum atomic E-state index is -1.15. The third-order valence-corrected chi connectivity index (χ3v) is 4.12. The van der Waals surface area contributed by atoms with Gasteiger partial charge >= 0.3 is 12.1 Å². The molecule has 26 heavy (non-hydrogen) atoms. The second kappa shape index (κ2) is 8.37. The molecule has 1 fully saturated rings. The van der Waals surface area contributed by atoms with Crippen molar-refractivity contribution in [3.8, 4) is 5.75 Å². The zero-order valence-electron chi connectivity index (χ0n) is 14.6. The van der Waals surface area contributed by atoms with E-state index in [9.17, 15) is 19.5 Å². The fourth-order valence-electron chi connectivity index (χ4n) is 2.81. The summed E-state index contributed by atoms with van der Waals surface area (Å²) in [6.07, 6.45) is -0.521. The van der Waals surface area contributed by atoms with Gasteiger partial charge in [0.25, 0.3) is 0 Å². The number of likely N-dealkylation sites (tertiary alicyclic amines) is 1. The van der Waals surface area contributed by atoms with Crippen LogP contribution in [0.2, 0.25) is 0 Å². The van der Waals surface area contributed by atoms with Crippen LogP contribution in [0, 0.1) is 5.92 Å². The van der Waals surface area contributed by atoms with Gasteiger partial charge in [0.05, 0.1) is 7.11 Å². The fourth-order valence-corrected chi connectivity index (χ4v) is 2.81. The number of rotatable bonds is 8. The van der Waals surface area contributed by atoms with Crippen molar-refractivity contribution in [3.63, 3.8) is 0 Å². The number of methoxy groups -OCH3 is 1. The number of carboxylic acid groups (broad SMARTS) is 1. The highest BCUT2D eigenvalue weighted by molar-refractivity contribution is 5.97. The van der Waals surface area contributed by atoms with Crippen LogP contribution in [0.15, 0.2) is 36.9 Å². The van der Waals surface area contributed by atoms with E-state index in [0.29, 0.717) is 5.75 Å². The lowest BCUT2D eigenvalue weighted by atomic mass is 9.82. The molecule has 0 saturated carbocycles. The van der Waals surface area contributed by atoms with Crippen molar-refractivity contribution < 1.29 is 33.7 Å². The lowest BCUT2D eigenvalue weighted by molar-refractivity contribution is -0.179. The molecule has 1 aromatic carbocycles. The number of nitrogens with zero attached hydrogens (tertiary/aromatic N) is 1. The molecule has 1 aromatic rings. The molecule has 3 atom stereocenters. The number of ether oxygens (including phenoxy) is 3. The predicted octanol–water partition coefficient (Wildman–Crippen LogP) is 1.83. The Morgan fingerprint density at radius 2 is 2.00 bits per heavy atom. The molecular formula is C18H21NO7. The third kappa shape index (κ3) is 4.14. The first kappa shape index (κ1) is 19.3. The lowest BCUT2D eigenvalue weighted by Crippen LogP contribution is -2.67. The van der Waals surface area contributed by atoms with Crippen LogP contribution in [0.4, 0.5) is 4.79 Å². The Morgan fingerprint density at radius 1 is 1.35 bits per heavy atom. The largest absolute Gasteiger partial charge is 0.508 e. The van der Waals surface area contributed by atoms with E-state index in [1.54, 1.807) is 31.4 Å². The van der Waals surface area contributed by atoms with Crippen LogP contribution in [0.25, 0.3) is 0 Å². The number of aliphatic carboxylic acids is 1. The first-order chi connectivity index (χ1) is 12.4. The monoisotopic (exact) mass is 363 g/mol. The Hall–Kier alpha value is -3.03. The topological polar surface area (TPSA) is 102 Å². The Balaban J connectivity index is 2.04. The molecule has 1 saturated heterocycles. The number of hydrogen-bond donors (Lipinski definition) is 1. The van der Waals surface area contributed by atoms with Crippen molar-refractivity contribution in [2.24, 2.45) is 5.92 Å². The second-order valence-corrected chi connectivity index (χ2v) is 5.80. The first-order valence-corrected chi connectivity index (χ1v) is 7.99. The van der Waals surface area contributed by atoms with E-state index in [4.69, 9.17) is 14.2 Å². The Bertz CT molecular complexity index is 685. The second-order valence-electron chi connectivity index (χ2n) is 5.80. The molecule has 1 aliphatic heterocycles. The van der Waals surface area contributed by atoms with Crippen molar-refractivity contribution in [3.05, 3.63) is 42.5 Å². The summed E-state index contributed by atoms with van der Waals surface area (Å²) < 4.78 is 14.8. The van der Waals surface area contributed by atoms with Crippen LogP contribution in [-0.2, 0) is 25.6 Å². The highest BCUT2D eigenvalue weighted by Gasteiger charge is 2.55. The van der Waals surface area contributed by atoms with Gasteiger partial charge in [-0.3, -0.25) is 4.79 Å². The molecule has 1 heterocycles. The van der Waals surface area contributed by atoms with E-state index in [1.165, 1.54) is 17.9 Å². The molecule has 8 heteroatoms. The Kier molecular flexibility index (Phi) is 6.21. The molecule has 0 spiro atoms. The summed E-state index contributed by atoms with van der Waals surface area (Å²) in [5.41, 5.74) is 0.766. The van der Waals surface area contributed by atoms with Gasteiger partial charge in [-0.05, 0) is 24.6 Å². The molecule has 2 rings (SSSR count). The predicted molar refractivity (Wildman–Crippen MR) is 90.5 cm³/mol. The van der Waals surface area contributed by atoms with Gasteiger partial charge in [-0.25, -0.2) is 9.59 Å². The molecule has 0 radical (unpaired) electrons. The van der Waals surface area contributed by atoms with E-state index in [-0.39, 0.29) is 13.2 Å². The van der Waals surface area contributed by atoms with Gasteiger partial charge in [-0.15, -0.1) is 0 Å². The average Bonchev–Trinajstić information content (AvgIpc) is 2.61. The van der Waals surface area contributed by atoms with Crippen LogP contribution < -0.4 is 4.74 Å². The highest BCUT2D eigenvalue weighted by Crippen LogP contribution is 2.33. The molecule has 0 aliphatic carbocycles. The average molecular weight is 363 g/mol. The molecule has 1 amide bonds. The van der Waals surface area contributed by atoms with Gasteiger partial charge < -0.3 is 24.2 Å². The van der Waals surface area contributed by atoms with E-state index in [0.717, 1.165) is 5.56 Å². The number of carboxylic acids is 1. The number of carbonyl (C=O) groups excluding carboxylic acids is 2. The van der Waals surface area contributed by atoms with Crippen molar-refractivity contribution in [1.29, 1.82) is 0 Å². The summed E-state index contributed by atoms with van der Waals surface area (Å²) >= 11 is 0. The molecule has 140 valence electrons. The Morgan fingerprint density at radius 3 is 2.54 bits per heavy atom. The maximum Gasteiger partial charge on any atom is 0.508 e. The number of benzene rings is 1. The minimum absolute atomic E-state index is 0.0316. The zero-order valence-corrected chi connectivity index (χ0v) is 14.6. The normalized spacial score (nSPS) is 19.9. The summed E-state index contributed by atoms with van der Waals surface area (Å²) in [5, 5.41) is 9.48.